The van der Waals surface area contributed by atoms with Gasteiger partial charge in [-0.05, 0) is 49.4 Å². The van der Waals surface area contributed by atoms with Crippen molar-refractivity contribution in [3.05, 3.63) is 71.4 Å². The number of benzene rings is 2. The zero-order chi connectivity index (χ0) is 25.2. The van der Waals surface area contributed by atoms with E-state index in [1.165, 1.54) is 4.90 Å². The van der Waals surface area contributed by atoms with Crippen molar-refractivity contribution in [2.75, 3.05) is 24.5 Å². The van der Waals surface area contributed by atoms with Crippen molar-refractivity contribution < 1.29 is 19.1 Å². The van der Waals surface area contributed by atoms with Crippen molar-refractivity contribution in [1.82, 2.24) is 15.2 Å². The zero-order valence-electron chi connectivity index (χ0n) is 20.6. The summed E-state index contributed by atoms with van der Waals surface area (Å²) >= 11 is 0. The summed E-state index contributed by atoms with van der Waals surface area (Å²) in [5.41, 5.74) is 1.97. The average molecular weight is 487 g/mol. The van der Waals surface area contributed by atoms with E-state index in [2.05, 4.69) is 29.0 Å². The van der Waals surface area contributed by atoms with Crippen LogP contribution in [-0.2, 0) is 16.1 Å². The normalized spacial score (nSPS) is 19.6. The first-order valence-electron chi connectivity index (χ1n) is 12.4. The molecule has 1 aromatic heterocycles. The summed E-state index contributed by atoms with van der Waals surface area (Å²) < 4.78 is 5.78. The lowest BCUT2D eigenvalue weighted by molar-refractivity contribution is -0.121. The molecule has 2 atom stereocenters. The minimum Gasteiger partial charge on any atom is -0.372 e. The first-order chi connectivity index (χ1) is 17.4. The number of rotatable bonds is 7. The van der Waals surface area contributed by atoms with Gasteiger partial charge in [0.25, 0.3) is 11.8 Å². The number of imide groups is 1. The Morgan fingerprint density at radius 2 is 1.67 bits per heavy atom. The monoisotopic (exact) mass is 486 g/mol. The van der Waals surface area contributed by atoms with Gasteiger partial charge in [0.15, 0.2) is 0 Å². The number of nitrogens with one attached hydrogen (secondary N) is 1. The van der Waals surface area contributed by atoms with Gasteiger partial charge >= 0.3 is 0 Å². The maximum absolute atomic E-state index is 13.0. The second-order valence-corrected chi connectivity index (χ2v) is 9.54. The summed E-state index contributed by atoms with van der Waals surface area (Å²) in [4.78, 5) is 46.4. The molecule has 8 nitrogen and oxygen atoms in total. The van der Waals surface area contributed by atoms with E-state index in [1.807, 2.05) is 36.4 Å². The first kappa shape index (κ1) is 23.9. The van der Waals surface area contributed by atoms with Gasteiger partial charge in [-0.15, -0.1) is 0 Å². The number of anilines is 1. The summed E-state index contributed by atoms with van der Waals surface area (Å²) in [6.07, 6.45) is 2.72. The first-order valence-corrected chi connectivity index (χ1v) is 12.4. The van der Waals surface area contributed by atoms with Crippen LogP contribution in [0.1, 0.15) is 53.0 Å². The fraction of sp³-hybridized carbons (Fsp3) is 0.357. The SMILES string of the molecule is CC1CN(c2ccc(CNC(=O)CCCN3C(=O)c4cccc5cccc(c45)C3=O)cn2)CC(C)O1. The van der Waals surface area contributed by atoms with Crippen molar-refractivity contribution in [1.29, 1.82) is 0 Å². The molecule has 36 heavy (non-hydrogen) atoms. The van der Waals surface area contributed by atoms with Crippen molar-refractivity contribution in [3.63, 3.8) is 0 Å². The Bertz CT molecular complexity index is 1250. The van der Waals surface area contributed by atoms with Crippen LogP contribution in [-0.4, -0.2) is 59.4 Å². The minimum atomic E-state index is -0.306. The van der Waals surface area contributed by atoms with Gasteiger partial charge in [-0.25, -0.2) is 4.98 Å². The van der Waals surface area contributed by atoms with E-state index < -0.39 is 0 Å². The van der Waals surface area contributed by atoms with Gasteiger partial charge in [0.05, 0.1) is 12.2 Å². The Balaban J connectivity index is 1.12. The fourth-order valence-corrected chi connectivity index (χ4v) is 5.04. The van der Waals surface area contributed by atoms with E-state index in [1.54, 1.807) is 18.3 Å². The number of nitrogens with zero attached hydrogens (tertiary/aromatic N) is 3. The molecule has 0 spiro atoms. The van der Waals surface area contributed by atoms with E-state index in [0.717, 1.165) is 29.9 Å². The molecule has 8 heteroatoms. The standard InChI is InChI=1S/C28H30N4O4/c1-18-16-31(17-19(2)36-18)24-12-11-20(14-29-24)15-30-25(33)10-5-13-32-27(34)22-8-3-6-21-7-4-9-23(26(21)22)28(32)35/h3-4,6-9,11-12,14,18-19H,5,10,13,15-17H2,1-2H3,(H,30,33). The van der Waals surface area contributed by atoms with E-state index in [-0.39, 0.29) is 42.9 Å². The quantitative estimate of drug-likeness (QED) is 0.514. The molecule has 3 heterocycles. The molecule has 5 rings (SSSR count). The van der Waals surface area contributed by atoms with Gasteiger partial charge in [0.1, 0.15) is 5.82 Å². The number of carbonyl (C=O) groups is 3. The lowest BCUT2D eigenvalue weighted by Gasteiger charge is -2.36. The number of pyridine rings is 1. The van der Waals surface area contributed by atoms with Crippen LogP contribution in [0, 0.1) is 0 Å². The molecule has 1 N–H and O–H groups in total. The van der Waals surface area contributed by atoms with Crippen LogP contribution in [0.3, 0.4) is 0 Å². The van der Waals surface area contributed by atoms with Crippen LogP contribution in [0.15, 0.2) is 54.7 Å². The third kappa shape index (κ3) is 4.81. The lowest BCUT2D eigenvalue weighted by atomic mass is 9.94. The Morgan fingerprint density at radius 3 is 2.28 bits per heavy atom. The van der Waals surface area contributed by atoms with Gasteiger partial charge in [-0.3, -0.25) is 19.3 Å². The zero-order valence-corrected chi connectivity index (χ0v) is 20.6. The highest BCUT2D eigenvalue weighted by atomic mass is 16.5. The highest BCUT2D eigenvalue weighted by molar-refractivity contribution is 6.25. The Hall–Kier alpha value is -3.78. The van der Waals surface area contributed by atoms with Crippen molar-refractivity contribution in [3.8, 4) is 0 Å². The van der Waals surface area contributed by atoms with Gasteiger partial charge in [-0.1, -0.05) is 30.3 Å². The van der Waals surface area contributed by atoms with Crippen molar-refractivity contribution >= 4 is 34.3 Å². The molecule has 3 amide bonds. The smallest absolute Gasteiger partial charge is 0.261 e. The van der Waals surface area contributed by atoms with Gasteiger partial charge in [0, 0.05) is 55.3 Å². The molecular formula is C28H30N4O4. The van der Waals surface area contributed by atoms with Crippen LogP contribution in [0.4, 0.5) is 5.82 Å². The number of aromatic nitrogens is 1. The van der Waals surface area contributed by atoms with E-state index in [9.17, 15) is 14.4 Å². The Morgan fingerprint density at radius 1 is 1.00 bits per heavy atom. The molecule has 1 fully saturated rings. The highest BCUT2D eigenvalue weighted by Crippen LogP contribution is 2.30. The Labute approximate surface area is 210 Å². The lowest BCUT2D eigenvalue weighted by Crippen LogP contribution is -2.45. The van der Waals surface area contributed by atoms with E-state index in [0.29, 0.717) is 29.5 Å². The molecule has 0 radical (unpaired) electrons. The molecule has 2 unspecified atom stereocenters. The number of morpholine rings is 1. The van der Waals surface area contributed by atoms with Crippen LogP contribution < -0.4 is 10.2 Å². The van der Waals surface area contributed by atoms with Crippen LogP contribution in [0.5, 0.6) is 0 Å². The van der Waals surface area contributed by atoms with Gasteiger partial charge in [0.2, 0.25) is 5.91 Å². The third-order valence-corrected chi connectivity index (χ3v) is 6.68. The molecule has 186 valence electrons. The van der Waals surface area contributed by atoms with Crippen LogP contribution in [0.25, 0.3) is 10.8 Å². The minimum absolute atomic E-state index is 0.130. The molecule has 2 aliphatic heterocycles. The maximum atomic E-state index is 13.0. The summed E-state index contributed by atoms with van der Waals surface area (Å²) in [6.45, 7) is 6.29. The molecule has 1 saturated heterocycles. The number of amides is 3. The molecule has 2 aliphatic rings. The van der Waals surface area contributed by atoms with E-state index in [4.69, 9.17) is 4.74 Å². The number of ether oxygens (including phenoxy) is 1. The summed E-state index contributed by atoms with van der Waals surface area (Å²) in [7, 11) is 0. The predicted octanol–water partition coefficient (Wildman–Crippen LogP) is 3.54. The summed E-state index contributed by atoms with van der Waals surface area (Å²) in [5.74, 6) is 0.161. The summed E-state index contributed by atoms with van der Waals surface area (Å²) in [5, 5.41) is 4.49. The third-order valence-electron chi connectivity index (χ3n) is 6.68. The topological polar surface area (TPSA) is 91.8 Å². The Kier molecular flexibility index (Phi) is 6.69. The van der Waals surface area contributed by atoms with Gasteiger partial charge in [-0.2, -0.15) is 0 Å². The average Bonchev–Trinajstić information content (AvgIpc) is 2.87. The van der Waals surface area contributed by atoms with Crippen molar-refractivity contribution in [2.24, 2.45) is 0 Å². The molecular weight excluding hydrogens is 456 g/mol. The maximum Gasteiger partial charge on any atom is 0.261 e. The molecule has 0 aliphatic carbocycles. The van der Waals surface area contributed by atoms with Crippen LogP contribution in [0.2, 0.25) is 0 Å². The predicted molar refractivity (Wildman–Crippen MR) is 137 cm³/mol. The van der Waals surface area contributed by atoms with E-state index >= 15 is 0 Å². The molecule has 0 bridgehead atoms. The highest BCUT2D eigenvalue weighted by Gasteiger charge is 2.32. The second kappa shape index (κ2) is 10.1. The molecule has 2 aromatic carbocycles. The molecule has 0 saturated carbocycles. The fourth-order valence-electron chi connectivity index (χ4n) is 5.04. The van der Waals surface area contributed by atoms with Gasteiger partial charge < -0.3 is 15.0 Å². The van der Waals surface area contributed by atoms with Crippen LogP contribution >= 0.6 is 0 Å². The largest absolute Gasteiger partial charge is 0.372 e. The number of carbonyl (C=O) groups excluding carboxylic acids is 3. The second-order valence-electron chi connectivity index (χ2n) is 9.54. The summed E-state index contributed by atoms with van der Waals surface area (Å²) in [6, 6.07) is 14.9. The van der Waals surface area contributed by atoms with Crippen molar-refractivity contribution in [2.45, 2.75) is 45.4 Å². The number of hydrogen-bond donors (Lipinski definition) is 1. The number of hydrogen-bond acceptors (Lipinski definition) is 6. The molecule has 3 aromatic rings.